The number of rotatable bonds is 21. The smallest absolute Gasteiger partial charge is 0.00422 e. The summed E-state index contributed by atoms with van der Waals surface area (Å²) < 4.78 is 0. The highest BCUT2D eigenvalue weighted by Crippen LogP contribution is 2.39. The Morgan fingerprint density at radius 2 is 0.962 bits per heavy atom. The molecule has 0 aliphatic rings. The Morgan fingerprint density at radius 3 is 1.35 bits per heavy atom. The van der Waals surface area contributed by atoms with Crippen molar-refractivity contribution in [2.45, 2.75) is 136 Å². The van der Waals surface area contributed by atoms with E-state index >= 15 is 0 Å². The van der Waals surface area contributed by atoms with Gasteiger partial charge in [-0.25, -0.2) is 0 Å². The molecule has 26 heavy (non-hydrogen) atoms. The van der Waals surface area contributed by atoms with Crippen LogP contribution in [-0.4, -0.2) is 12.4 Å². The molecule has 0 radical (unpaired) electrons. The SMILES string of the molecule is CCCCCCCCCC(CC=N)(CCC=N)CCCCCCCCC. The first kappa shape index (κ1) is 25.3. The van der Waals surface area contributed by atoms with Crippen LogP contribution in [0, 0.1) is 16.2 Å². The van der Waals surface area contributed by atoms with Crippen molar-refractivity contribution < 1.29 is 0 Å². The molecule has 0 heterocycles. The molecular weight excluding hydrogens is 316 g/mol. The fourth-order valence-corrected chi connectivity index (χ4v) is 4.19. The van der Waals surface area contributed by atoms with Crippen LogP contribution in [-0.2, 0) is 0 Å². The number of hydrogen-bond donors (Lipinski definition) is 2. The van der Waals surface area contributed by atoms with Gasteiger partial charge in [-0.05, 0) is 49.9 Å². The maximum absolute atomic E-state index is 7.70. The van der Waals surface area contributed by atoms with Gasteiger partial charge in [0.2, 0.25) is 0 Å². The molecule has 154 valence electrons. The summed E-state index contributed by atoms with van der Waals surface area (Å²) >= 11 is 0. The van der Waals surface area contributed by atoms with E-state index in [0.717, 1.165) is 19.3 Å². The second-order valence-electron chi connectivity index (χ2n) is 8.39. The summed E-state index contributed by atoms with van der Waals surface area (Å²) in [6, 6.07) is 0. The Balaban J connectivity index is 4.22. The predicted molar refractivity (Wildman–Crippen MR) is 119 cm³/mol. The van der Waals surface area contributed by atoms with Crippen molar-refractivity contribution in [3.63, 3.8) is 0 Å². The molecule has 2 heteroatoms. The fraction of sp³-hybridized carbons (Fsp3) is 0.917. The summed E-state index contributed by atoms with van der Waals surface area (Å²) in [6.45, 7) is 4.55. The van der Waals surface area contributed by atoms with Gasteiger partial charge in [-0.15, -0.1) is 0 Å². The van der Waals surface area contributed by atoms with Crippen molar-refractivity contribution in [3.05, 3.63) is 0 Å². The maximum Gasteiger partial charge on any atom is -0.00422 e. The molecular formula is C24H48N2. The molecule has 0 rings (SSSR count). The Bertz CT molecular complexity index is 293. The standard InChI is InChI=1S/C24H48N2/c1-3-5-7-9-11-13-15-18-24(21-23-26,20-17-22-25)19-16-14-12-10-8-6-4-2/h22-23,25-26H,3-21H2,1-2H3. The maximum atomic E-state index is 7.70. The number of nitrogens with one attached hydrogen (secondary N) is 2. The molecule has 0 aromatic carbocycles. The molecule has 0 aliphatic carbocycles. The molecule has 0 unspecified atom stereocenters. The molecule has 0 spiro atoms. The first-order valence-corrected chi connectivity index (χ1v) is 11.7. The second-order valence-corrected chi connectivity index (χ2v) is 8.39. The zero-order valence-electron chi connectivity index (χ0n) is 18.1. The zero-order valence-corrected chi connectivity index (χ0v) is 18.1. The largest absolute Gasteiger partial charge is 0.313 e. The highest BCUT2D eigenvalue weighted by atomic mass is 14.4. The highest BCUT2D eigenvalue weighted by molar-refractivity contribution is 5.55. The third-order valence-corrected chi connectivity index (χ3v) is 5.98. The lowest BCUT2D eigenvalue weighted by atomic mass is 9.72. The molecule has 2 nitrogen and oxygen atoms in total. The summed E-state index contributed by atoms with van der Waals surface area (Å²) in [5.41, 5.74) is 0.298. The lowest BCUT2D eigenvalue weighted by molar-refractivity contribution is 0.217. The fourth-order valence-electron chi connectivity index (χ4n) is 4.19. The van der Waals surface area contributed by atoms with E-state index < -0.39 is 0 Å². The summed E-state index contributed by atoms with van der Waals surface area (Å²) in [4.78, 5) is 0. The Hall–Kier alpha value is -0.660. The third kappa shape index (κ3) is 14.5. The summed E-state index contributed by atoms with van der Waals surface area (Å²) in [7, 11) is 0. The van der Waals surface area contributed by atoms with Crippen molar-refractivity contribution in [2.24, 2.45) is 5.41 Å². The first-order chi connectivity index (χ1) is 12.7. The Kier molecular flexibility index (Phi) is 18.6. The second kappa shape index (κ2) is 19.1. The van der Waals surface area contributed by atoms with Crippen molar-refractivity contribution in [1.82, 2.24) is 0 Å². The molecule has 0 aromatic heterocycles. The molecule has 0 saturated heterocycles. The Labute approximate surface area is 165 Å². The van der Waals surface area contributed by atoms with Crippen LogP contribution in [0.1, 0.15) is 136 Å². The summed E-state index contributed by atoms with van der Waals surface area (Å²) in [6.07, 6.45) is 27.8. The molecule has 0 bridgehead atoms. The minimum atomic E-state index is 0.298. The van der Waals surface area contributed by atoms with Crippen molar-refractivity contribution in [2.75, 3.05) is 0 Å². The van der Waals surface area contributed by atoms with Crippen molar-refractivity contribution >= 4 is 12.4 Å². The lowest BCUT2D eigenvalue weighted by Crippen LogP contribution is -2.22. The van der Waals surface area contributed by atoms with Gasteiger partial charge in [0.05, 0.1) is 0 Å². The molecule has 0 saturated carbocycles. The van der Waals surface area contributed by atoms with Crippen molar-refractivity contribution in [1.29, 1.82) is 10.8 Å². The van der Waals surface area contributed by atoms with E-state index in [1.54, 1.807) is 12.4 Å². The van der Waals surface area contributed by atoms with Crippen LogP contribution in [0.4, 0.5) is 0 Å². The van der Waals surface area contributed by atoms with Gasteiger partial charge < -0.3 is 10.8 Å². The van der Waals surface area contributed by atoms with Crippen molar-refractivity contribution in [3.8, 4) is 0 Å². The van der Waals surface area contributed by atoms with Gasteiger partial charge in [-0.1, -0.05) is 104 Å². The van der Waals surface area contributed by atoms with E-state index in [2.05, 4.69) is 13.8 Å². The lowest BCUT2D eigenvalue weighted by Gasteiger charge is -2.33. The van der Waals surface area contributed by atoms with Crippen LogP contribution in [0.2, 0.25) is 0 Å². The molecule has 0 fully saturated rings. The van der Waals surface area contributed by atoms with E-state index in [4.69, 9.17) is 10.8 Å². The molecule has 0 amide bonds. The van der Waals surface area contributed by atoms with Gasteiger partial charge >= 0.3 is 0 Å². The van der Waals surface area contributed by atoms with Crippen LogP contribution in [0.3, 0.4) is 0 Å². The predicted octanol–water partition coefficient (Wildman–Crippen LogP) is 8.72. The molecule has 0 aromatic rings. The normalized spacial score (nSPS) is 11.6. The Morgan fingerprint density at radius 1 is 0.538 bits per heavy atom. The molecule has 0 atom stereocenters. The van der Waals surface area contributed by atoms with Gasteiger partial charge in [0.15, 0.2) is 0 Å². The molecule has 2 N–H and O–H groups in total. The summed E-state index contributed by atoms with van der Waals surface area (Å²) in [5.74, 6) is 0. The van der Waals surface area contributed by atoms with E-state index in [1.807, 2.05) is 0 Å². The molecule has 0 aliphatic heterocycles. The minimum Gasteiger partial charge on any atom is -0.313 e. The van der Waals surface area contributed by atoms with E-state index in [1.165, 1.54) is 103 Å². The highest BCUT2D eigenvalue weighted by Gasteiger charge is 2.27. The van der Waals surface area contributed by atoms with Crippen LogP contribution in [0.15, 0.2) is 0 Å². The van der Waals surface area contributed by atoms with Gasteiger partial charge in [-0.3, -0.25) is 0 Å². The van der Waals surface area contributed by atoms with Crippen LogP contribution in [0.5, 0.6) is 0 Å². The van der Waals surface area contributed by atoms with Crippen LogP contribution < -0.4 is 0 Å². The third-order valence-electron chi connectivity index (χ3n) is 5.98. The van der Waals surface area contributed by atoms with Crippen LogP contribution in [0.25, 0.3) is 0 Å². The van der Waals surface area contributed by atoms with E-state index in [0.29, 0.717) is 5.41 Å². The zero-order chi connectivity index (χ0) is 19.3. The average Bonchev–Trinajstić information content (AvgIpc) is 2.65. The van der Waals surface area contributed by atoms with Gasteiger partial charge in [-0.2, -0.15) is 0 Å². The van der Waals surface area contributed by atoms with E-state index in [9.17, 15) is 0 Å². The summed E-state index contributed by atoms with van der Waals surface area (Å²) in [5, 5.41) is 15.1. The average molecular weight is 365 g/mol. The van der Waals surface area contributed by atoms with Gasteiger partial charge in [0.25, 0.3) is 0 Å². The van der Waals surface area contributed by atoms with E-state index in [-0.39, 0.29) is 0 Å². The number of hydrogen-bond acceptors (Lipinski definition) is 2. The quantitative estimate of drug-likeness (QED) is 0.151. The first-order valence-electron chi connectivity index (χ1n) is 11.7. The van der Waals surface area contributed by atoms with Gasteiger partial charge in [0.1, 0.15) is 0 Å². The monoisotopic (exact) mass is 364 g/mol. The number of unbranched alkanes of at least 4 members (excludes halogenated alkanes) is 12. The minimum absolute atomic E-state index is 0.298. The topological polar surface area (TPSA) is 47.7 Å². The van der Waals surface area contributed by atoms with Gasteiger partial charge in [0, 0.05) is 0 Å². The van der Waals surface area contributed by atoms with Crippen LogP contribution >= 0.6 is 0 Å².